The molecule has 9 heteroatoms. The normalized spacial score (nSPS) is 10.5. The van der Waals surface area contributed by atoms with Crippen LogP contribution in [0.1, 0.15) is 11.4 Å². The summed E-state index contributed by atoms with van der Waals surface area (Å²) in [4.78, 5) is 32.6. The van der Waals surface area contributed by atoms with Crippen molar-refractivity contribution in [1.82, 2.24) is 15.3 Å². The Morgan fingerprint density at radius 1 is 1.07 bits per heavy atom. The number of pyridine rings is 1. The number of nitrogens with one attached hydrogen (secondary N) is 2. The van der Waals surface area contributed by atoms with Crippen LogP contribution >= 0.6 is 34.7 Å². The third-order valence-electron chi connectivity index (χ3n) is 3.52. The first-order valence-corrected chi connectivity index (χ1v) is 10.6. The van der Waals surface area contributed by atoms with Crippen LogP contribution in [0.5, 0.6) is 0 Å². The first-order chi connectivity index (χ1) is 13.6. The Kier molecular flexibility index (Phi) is 7.41. The van der Waals surface area contributed by atoms with E-state index in [1.54, 1.807) is 30.5 Å². The second-order valence-electron chi connectivity index (χ2n) is 5.72. The Morgan fingerprint density at radius 3 is 2.64 bits per heavy atom. The molecule has 2 N–H and O–H groups in total. The van der Waals surface area contributed by atoms with Crippen molar-refractivity contribution in [2.24, 2.45) is 0 Å². The van der Waals surface area contributed by atoms with Gasteiger partial charge in [0.05, 0.1) is 30.1 Å². The Bertz CT molecular complexity index is 933. The fourth-order valence-corrected chi connectivity index (χ4v) is 3.98. The number of amides is 2. The predicted octanol–water partition coefficient (Wildman–Crippen LogP) is 3.78. The second-order valence-corrected chi connectivity index (χ2v) is 8.24. The lowest BCUT2D eigenvalue weighted by molar-refractivity contribution is -0.120. The van der Waals surface area contributed by atoms with Crippen LogP contribution in [0, 0.1) is 0 Å². The average molecular weight is 433 g/mol. The second kappa shape index (κ2) is 10.2. The van der Waals surface area contributed by atoms with E-state index in [1.807, 2.05) is 23.6 Å². The molecule has 0 aliphatic heterocycles. The van der Waals surface area contributed by atoms with Gasteiger partial charge < -0.3 is 10.6 Å². The minimum atomic E-state index is -0.128. The number of hydrogen-bond donors (Lipinski definition) is 2. The van der Waals surface area contributed by atoms with Crippen molar-refractivity contribution in [2.75, 3.05) is 11.1 Å². The number of halogens is 1. The lowest BCUT2D eigenvalue weighted by atomic mass is 10.3. The molecule has 2 heterocycles. The molecule has 0 saturated heterocycles. The van der Waals surface area contributed by atoms with Crippen LogP contribution in [-0.2, 0) is 22.6 Å². The number of rotatable bonds is 8. The van der Waals surface area contributed by atoms with Crippen molar-refractivity contribution < 1.29 is 9.59 Å². The molecule has 144 valence electrons. The number of thioether (sulfide) groups is 1. The van der Waals surface area contributed by atoms with Crippen molar-refractivity contribution >= 4 is 52.2 Å². The summed E-state index contributed by atoms with van der Waals surface area (Å²) in [7, 11) is 0. The van der Waals surface area contributed by atoms with Gasteiger partial charge in [-0.05, 0) is 36.4 Å². The monoisotopic (exact) mass is 432 g/mol. The van der Waals surface area contributed by atoms with Crippen LogP contribution in [0.15, 0.2) is 58.4 Å². The third-order valence-corrected chi connectivity index (χ3v) is 5.84. The highest BCUT2D eigenvalue weighted by atomic mass is 35.5. The van der Waals surface area contributed by atoms with Crippen molar-refractivity contribution in [1.29, 1.82) is 0 Å². The molecule has 0 spiro atoms. The summed E-state index contributed by atoms with van der Waals surface area (Å²) in [6, 6.07) is 12.5. The summed E-state index contributed by atoms with van der Waals surface area (Å²) in [5.41, 5.74) is 2.18. The lowest BCUT2D eigenvalue weighted by Gasteiger charge is -2.04. The summed E-state index contributed by atoms with van der Waals surface area (Å²) < 4.78 is 0.749. The van der Waals surface area contributed by atoms with E-state index in [0.717, 1.165) is 10.0 Å². The molecule has 0 radical (unpaired) electrons. The number of benzene rings is 1. The SMILES string of the molecule is O=C(Cc1csc(SCC(=O)Nc2ccc(Cl)cc2)n1)NCc1ccccn1. The van der Waals surface area contributed by atoms with Gasteiger partial charge in [0, 0.05) is 22.3 Å². The third kappa shape index (κ3) is 6.63. The van der Waals surface area contributed by atoms with E-state index in [9.17, 15) is 9.59 Å². The van der Waals surface area contributed by atoms with E-state index in [0.29, 0.717) is 22.9 Å². The van der Waals surface area contributed by atoms with E-state index in [4.69, 9.17) is 11.6 Å². The molecule has 0 unspecified atom stereocenters. The average Bonchev–Trinajstić information content (AvgIpc) is 3.15. The minimum Gasteiger partial charge on any atom is -0.350 e. The van der Waals surface area contributed by atoms with E-state index in [2.05, 4.69) is 20.6 Å². The van der Waals surface area contributed by atoms with Gasteiger partial charge in [0.25, 0.3) is 0 Å². The van der Waals surface area contributed by atoms with Gasteiger partial charge >= 0.3 is 0 Å². The smallest absolute Gasteiger partial charge is 0.234 e. The summed E-state index contributed by atoms with van der Waals surface area (Å²) >= 11 is 8.58. The van der Waals surface area contributed by atoms with Gasteiger partial charge in [0.15, 0.2) is 4.34 Å². The molecule has 6 nitrogen and oxygen atoms in total. The highest BCUT2D eigenvalue weighted by Crippen LogP contribution is 2.23. The molecular formula is C19H17ClN4O2S2. The van der Waals surface area contributed by atoms with Gasteiger partial charge in [-0.15, -0.1) is 11.3 Å². The highest BCUT2D eigenvalue weighted by molar-refractivity contribution is 8.01. The van der Waals surface area contributed by atoms with Crippen LogP contribution in [0.25, 0.3) is 0 Å². The number of anilines is 1. The fourth-order valence-electron chi connectivity index (χ4n) is 2.21. The fraction of sp³-hybridized carbons (Fsp3) is 0.158. The Labute approximate surface area is 175 Å². The zero-order chi connectivity index (χ0) is 19.8. The van der Waals surface area contributed by atoms with E-state index < -0.39 is 0 Å². The predicted molar refractivity (Wildman–Crippen MR) is 113 cm³/mol. The minimum absolute atomic E-state index is 0.118. The lowest BCUT2D eigenvalue weighted by Crippen LogP contribution is -2.25. The maximum Gasteiger partial charge on any atom is 0.234 e. The van der Waals surface area contributed by atoms with E-state index >= 15 is 0 Å². The molecule has 0 saturated carbocycles. The Morgan fingerprint density at radius 2 is 1.89 bits per heavy atom. The van der Waals surface area contributed by atoms with Gasteiger partial charge in [0.1, 0.15) is 0 Å². The van der Waals surface area contributed by atoms with E-state index in [-0.39, 0.29) is 24.0 Å². The van der Waals surface area contributed by atoms with Crippen molar-refractivity contribution in [3.8, 4) is 0 Å². The summed E-state index contributed by atoms with van der Waals surface area (Å²) in [5.74, 6) is -0.00767. The Balaban J connectivity index is 1.41. The quantitative estimate of drug-likeness (QED) is 0.529. The zero-order valence-electron chi connectivity index (χ0n) is 14.7. The highest BCUT2D eigenvalue weighted by Gasteiger charge is 2.10. The van der Waals surface area contributed by atoms with Crippen LogP contribution in [0.2, 0.25) is 5.02 Å². The molecular weight excluding hydrogens is 416 g/mol. The van der Waals surface area contributed by atoms with Crippen LogP contribution < -0.4 is 10.6 Å². The van der Waals surface area contributed by atoms with E-state index in [1.165, 1.54) is 23.1 Å². The van der Waals surface area contributed by atoms with Crippen LogP contribution in [0.4, 0.5) is 5.69 Å². The molecule has 3 rings (SSSR count). The molecule has 1 aromatic carbocycles. The molecule has 0 atom stereocenters. The summed E-state index contributed by atoms with van der Waals surface area (Å²) in [6.45, 7) is 0.385. The summed E-state index contributed by atoms with van der Waals surface area (Å²) in [6.07, 6.45) is 1.88. The zero-order valence-corrected chi connectivity index (χ0v) is 17.1. The largest absolute Gasteiger partial charge is 0.350 e. The molecule has 28 heavy (non-hydrogen) atoms. The van der Waals surface area contributed by atoms with Gasteiger partial charge in [-0.1, -0.05) is 29.4 Å². The molecule has 2 amide bonds. The number of hydrogen-bond acceptors (Lipinski definition) is 6. The maximum absolute atomic E-state index is 12.0. The number of nitrogens with zero attached hydrogens (tertiary/aromatic N) is 2. The summed E-state index contributed by atoms with van der Waals surface area (Å²) in [5, 5.41) is 8.07. The van der Waals surface area contributed by atoms with Crippen molar-refractivity contribution in [3.63, 3.8) is 0 Å². The topological polar surface area (TPSA) is 84.0 Å². The number of thiazole rings is 1. The van der Waals surface area contributed by atoms with Gasteiger partial charge in [0.2, 0.25) is 11.8 Å². The number of aromatic nitrogens is 2. The molecule has 0 aliphatic rings. The first-order valence-electron chi connectivity index (χ1n) is 8.38. The number of carbonyl (C=O) groups is 2. The molecule has 2 aromatic heterocycles. The van der Waals surface area contributed by atoms with Crippen molar-refractivity contribution in [3.05, 3.63) is 70.5 Å². The van der Waals surface area contributed by atoms with Gasteiger partial charge in [-0.25, -0.2) is 4.98 Å². The maximum atomic E-state index is 12.0. The van der Waals surface area contributed by atoms with Gasteiger partial charge in [-0.2, -0.15) is 0 Å². The van der Waals surface area contributed by atoms with Crippen LogP contribution in [0.3, 0.4) is 0 Å². The van der Waals surface area contributed by atoms with Crippen molar-refractivity contribution in [2.45, 2.75) is 17.3 Å². The standard InChI is InChI=1S/C19H17ClN4O2S2/c20-13-4-6-14(7-5-13)23-18(26)12-28-19-24-16(11-27-19)9-17(25)22-10-15-3-1-2-8-21-15/h1-8,11H,9-10,12H2,(H,22,25)(H,23,26). The van der Waals surface area contributed by atoms with Crippen LogP contribution in [-0.4, -0.2) is 27.5 Å². The first kappa shape index (κ1) is 20.3. The molecule has 0 aliphatic carbocycles. The molecule has 0 bridgehead atoms. The van der Waals surface area contributed by atoms with Gasteiger partial charge in [-0.3, -0.25) is 14.6 Å². The molecule has 0 fully saturated rings. The number of carbonyl (C=O) groups excluding carboxylic acids is 2. The molecule has 3 aromatic rings. The Hall–Kier alpha value is -2.42.